The van der Waals surface area contributed by atoms with Crippen LogP contribution in [-0.2, 0) is 0 Å². The predicted molar refractivity (Wildman–Crippen MR) is 76.0 cm³/mol. The van der Waals surface area contributed by atoms with Crippen LogP contribution in [0.3, 0.4) is 0 Å². The van der Waals surface area contributed by atoms with Crippen molar-refractivity contribution in [2.45, 2.75) is 0 Å². The van der Waals surface area contributed by atoms with Gasteiger partial charge in [0.05, 0.1) is 5.69 Å². The van der Waals surface area contributed by atoms with Gasteiger partial charge >= 0.3 is 0 Å². The maximum atomic E-state index is 5.65. The van der Waals surface area contributed by atoms with Crippen LogP contribution in [0.15, 0.2) is 42.5 Å². The van der Waals surface area contributed by atoms with Gasteiger partial charge in [-0.3, -0.25) is 0 Å². The quantitative estimate of drug-likeness (QED) is 0.551. The molecular formula is C12H9IN4. The lowest BCUT2D eigenvalue weighted by Gasteiger charge is -1.98. The Balaban J connectivity index is 2.14. The molecule has 0 bridgehead atoms. The molecule has 4 nitrogen and oxygen atoms in total. The van der Waals surface area contributed by atoms with Crippen molar-refractivity contribution >= 4 is 39.3 Å². The third-order valence-electron chi connectivity index (χ3n) is 2.47. The van der Waals surface area contributed by atoms with Crippen LogP contribution in [0.25, 0.3) is 16.7 Å². The van der Waals surface area contributed by atoms with Crippen molar-refractivity contribution in [2.75, 3.05) is 5.73 Å². The summed E-state index contributed by atoms with van der Waals surface area (Å²) in [5, 5.41) is 8.85. The minimum atomic E-state index is 0.736. The lowest BCUT2D eigenvalue weighted by Crippen LogP contribution is -1.98. The van der Waals surface area contributed by atoms with Crippen molar-refractivity contribution in [1.82, 2.24) is 15.0 Å². The van der Waals surface area contributed by atoms with Crippen LogP contribution in [-0.4, -0.2) is 15.0 Å². The lowest BCUT2D eigenvalue weighted by molar-refractivity contribution is 0.766. The molecule has 1 aromatic heterocycles. The van der Waals surface area contributed by atoms with Crippen LogP contribution in [0.4, 0.5) is 5.69 Å². The normalized spacial score (nSPS) is 10.9. The second kappa shape index (κ2) is 3.99. The van der Waals surface area contributed by atoms with E-state index in [0.29, 0.717) is 0 Å². The van der Waals surface area contributed by atoms with E-state index in [-0.39, 0.29) is 0 Å². The summed E-state index contributed by atoms with van der Waals surface area (Å²) in [6.07, 6.45) is 0. The van der Waals surface area contributed by atoms with Crippen molar-refractivity contribution in [1.29, 1.82) is 0 Å². The molecule has 2 aromatic carbocycles. The standard InChI is InChI=1S/C12H9IN4/c13-8-1-6-11-12(7-8)16-17(15-11)10-4-2-9(14)3-5-10/h1-7H,14H2/i13-4. The van der Waals surface area contributed by atoms with Gasteiger partial charge in [-0.05, 0) is 65.1 Å². The first kappa shape index (κ1) is 10.5. The molecule has 3 aromatic rings. The van der Waals surface area contributed by atoms with Crippen molar-refractivity contribution in [3.05, 3.63) is 46.0 Å². The number of nitrogens with two attached hydrogens (primary N) is 1. The summed E-state index contributed by atoms with van der Waals surface area (Å²) in [6, 6.07) is 13.5. The molecule has 0 aliphatic heterocycles. The Kier molecular flexibility index (Phi) is 2.47. The zero-order chi connectivity index (χ0) is 11.8. The fraction of sp³-hybridized carbons (Fsp3) is 0. The summed E-state index contributed by atoms with van der Waals surface area (Å²) >= 11 is 2.26. The average molecular weight is 332 g/mol. The molecule has 0 spiro atoms. The summed E-state index contributed by atoms with van der Waals surface area (Å²) in [7, 11) is 0. The van der Waals surface area contributed by atoms with E-state index in [1.165, 1.54) is 0 Å². The first-order valence-electron chi connectivity index (χ1n) is 5.11. The number of benzene rings is 2. The fourth-order valence-electron chi connectivity index (χ4n) is 1.61. The SMILES string of the molecule is Nc1ccc(-n2nc3ccc([123I])cc3n2)cc1. The number of nitrogens with zero attached hydrogens (tertiary/aromatic N) is 3. The third-order valence-corrected chi connectivity index (χ3v) is 3.14. The molecule has 0 saturated carbocycles. The number of rotatable bonds is 1. The first-order chi connectivity index (χ1) is 8.22. The van der Waals surface area contributed by atoms with Gasteiger partial charge in [-0.1, -0.05) is 0 Å². The minimum absolute atomic E-state index is 0.736. The minimum Gasteiger partial charge on any atom is -0.399 e. The molecule has 5 heteroatoms. The summed E-state index contributed by atoms with van der Waals surface area (Å²) in [5.41, 5.74) is 9.08. The van der Waals surface area contributed by atoms with Gasteiger partial charge in [-0.2, -0.15) is 4.80 Å². The molecule has 0 aliphatic rings. The highest BCUT2D eigenvalue weighted by Gasteiger charge is 2.04. The van der Waals surface area contributed by atoms with Gasteiger partial charge in [0.1, 0.15) is 11.0 Å². The van der Waals surface area contributed by atoms with Gasteiger partial charge in [0.2, 0.25) is 0 Å². The monoisotopic (exact) mass is 332 g/mol. The highest BCUT2D eigenvalue weighted by Crippen LogP contribution is 2.16. The Hall–Kier alpha value is -1.63. The lowest BCUT2D eigenvalue weighted by atomic mass is 10.3. The maximum absolute atomic E-state index is 5.65. The molecule has 0 aliphatic carbocycles. The highest BCUT2D eigenvalue weighted by atomic mass is 123. The van der Waals surface area contributed by atoms with Gasteiger partial charge in [0, 0.05) is 9.26 Å². The number of hydrogen-bond donors (Lipinski definition) is 1. The summed E-state index contributed by atoms with van der Waals surface area (Å²) in [4.78, 5) is 1.63. The Labute approximate surface area is 112 Å². The number of halogens is 1. The second-order valence-corrected chi connectivity index (χ2v) is 4.96. The first-order valence-corrected chi connectivity index (χ1v) is 6.19. The predicted octanol–water partition coefficient (Wildman–Crippen LogP) is 2.61. The maximum Gasteiger partial charge on any atom is 0.114 e. The van der Waals surface area contributed by atoms with Gasteiger partial charge in [0.25, 0.3) is 0 Å². The Bertz CT molecular complexity index is 673. The van der Waals surface area contributed by atoms with E-state index in [1.807, 2.05) is 42.5 Å². The average Bonchev–Trinajstić information content (AvgIpc) is 2.72. The zero-order valence-electron chi connectivity index (χ0n) is 8.84. The molecular weight excluding hydrogens is 323 g/mol. The molecule has 0 fully saturated rings. The summed E-state index contributed by atoms with van der Waals surface area (Å²) < 4.78 is 1.15. The summed E-state index contributed by atoms with van der Waals surface area (Å²) in [6.45, 7) is 0. The van der Waals surface area contributed by atoms with Crippen LogP contribution < -0.4 is 5.73 Å². The number of aromatic nitrogens is 3. The molecule has 84 valence electrons. The highest BCUT2D eigenvalue weighted by molar-refractivity contribution is 14.1. The molecule has 2 N–H and O–H groups in total. The molecule has 1 heterocycles. The fourth-order valence-corrected chi connectivity index (χ4v) is 2.09. The second-order valence-electron chi connectivity index (χ2n) is 3.71. The van der Waals surface area contributed by atoms with Gasteiger partial charge in [0.15, 0.2) is 0 Å². The van der Waals surface area contributed by atoms with Crippen molar-refractivity contribution in [3.63, 3.8) is 0 Å². The van der Waals surface area contributed by atoms with Gasteiger partial charge < -0.3 is 5.73 Å². The van der Waals surface area contributed by atoms with E-state index in [9.17, 15) is 0 Å². The third kappa shape index (κ3) is 1.97. The molecule has 0 saturated heterocycles. The van der Waals surface area contributed by atoms with E-state index in [2.05, 4.69) is 32.8 Å². The van der Waals surface area contributed by atoms with Crippen molar-refractivity contribution in [2.24, 2.45) is 0 Å². The molecule has 0 atom stereocenters. The van der Waals surface area contributed by atoms with Crippen LogP contribution in [0.5, 0.6) is 0 Å². The topological polar surface area (TPSA) is 56.7 Å². The van der Waals surface area contributed by atoms with Crippen molar-refractivity contribution in [3.8, 4) is 5.69 Å². The Morgan fingerprint density at radius 2 is 1.65 bits per heavy atom. The van der Waals surface area contributed by atoms with Crippen LogP contribution in [0.1, 0.15) is 0 Å². The largest absolute Gasteiger partial charge is 0.399 e. The summed E-state index contributed by atoms with van der Waals surface area (Å²) in [5.74, 6) is 0. The van der Waals surface area contributed by atoms with Crippen LogP contribution in [0.2, 0.25) is 0 Å². The number of hydrogen-bond acceptors (Lipinski definition) is 3. The van der Waals surface area contributed by atoms with E-state index < -0.39 is 0 Å². The smallest absolute Gasteiger partial charge is 0.114 e. The van der Waals surface area contributed by atoms with Gasteiger partial charge in [-0.15, -0.1) is 10.2 Å². The molecule has 0 amide bonds. The van der Waals surface area contributed by atoms with E-state index >= 15 is 0 Å². The van der Waals surface area contributed by atoms with E-state index in [0.717, 1.165) is 26.0 Å². The van der Waals surface area contributed by atoms with Crippen LogP contribution >= 0.6 is 22.6 Å². The Morgan fingerprint density at radius 3 is 2.41 bits per heavy atom. The van der Waals surface area contributed by atoms with Crippen LogP contribution in [0, 0.1) is 3.57 Å². The van der Waals surface area contributed by atoms with E-state index in [1.54, 1.807) is 4.80 Å². The zero-order valence-corrected chi connectivity index (χ0v) is 11.0. The Morgan fingerprint density at radius 1 is 0.941 bits per heavy atom. The number of nitrogen functional groups attached to an aromatic ring is 1. The number of fused-ring (bicyclic) bond motifs is 1. The number of anilines is 1. The molecule has 17 heavy (non-hydrogen) atoms. The van der Waals surface area contributed by atoms with E-state index in [4.69, 9.17) is 5.73 Å². The van der Waals surface area contributed by atoms with Gasteiger partial charge in [-0.25, -0.2) is 0 Å². The molecule has 0 radical (unpaired) electrons. The van der Waals surface area contributed by atoms with Crippen molar-refractivity contribution < 1.29 is 0 Å². The molecule has 0 unspecified atom stereocenters. The molecule has 3 rings (SSSR count).